The van der Waals surface area contributed by atoms with E-state index in [1.807, 2.05) is 19.9 Å². The van der Waals surface area contributed by atoms with Gasteiger partial charge in [0.25, 0.3) is 5.91 Å². The number of hydrogen-bond acceptors (Lipinski definition) is 4. The van der Waals surface area contributed by atoms with Crippen LogP contribution in [0.3, 0.4) is 0 Å². The number of piperidine rings is 1. The highest BCUT2D eigenvalue weighted by atomic mass is 79.9. The molecule has 1 aromatic carbocycles. The van der Waals surface area contributed by atoms with E-state index in [2.05, 4.69) is 38.0 Å². The van der Waals surface area contributed by atoms with E-state index >= 15 is 0 Å². The van der Waals surface area contributed by atoms with Crippen LogP contribution in [0.5, 0.6) is 0 Å². The van der Waals surface area contributed by atoms with Gasteiger partial charge in [0.1, 0.15) is 11.5 Å². The van der Waals surface area contributed by atoms with Crippen LogP contribution in [0.4, 0.5) is 10.6 Å². The van der Waals surface area contributed by atoms with Gasteiger partial charge in [-0.05, 0) is 71.8 Å². The van der Waals surface area contributed by atoms with E-state index in [4.69, 9.17) is 0 Å². The zero-order valence-corrected chi connectivity index (χ0v) is 19.0. The van der Waals surface area contributed by atoms with Gasteiger partial charge in [-0.25, -0.2) is 14.8 Å². The number of likely N-dealkylation sites (tertiary alicyclic amines) is 1. The maximum atomic E-state index is 13.7. The van der Waals surface area contributed by atoms with Gasteiger partial charge in [0.05, 0.1) is 6.04 Å². The van der Waals surface area contributed by atoms with Crippen molar-refractivity contribution < 1.29 is 14.7 Å². The fourth-order valence-corrected chi connectivity index (χ4v) is 4.51. The molecule has 160 valence electrons. The fourth-order valence-electron chi connectivity index (χ4n) is 4.27. The molecule has 31 heavy (non-hydrogen) atoms. The number of halogens is 1. The third kappa shape index (κ3) is 4.25. The summed E-state index contributed by atoms with van der Waals surface area (Å²) in [5.74, 6) is 0.256. The second-order valence-electron chi connectivity index (χ2n) is 7.88. The number of anilines is 1. The van der Waals surface area contributed by atoms with Crippen LogP contribution in [0.15, 0.2) is 47.2 Å². The lowest BCUT2D eigenvalue weighted by atomic mass is 10.00. The van der Waals surface area contributed by atoms with E-state index in [1.165, 1.54) is 4.90 Å². The molecule has 1 aliphatic rings. The number of hydrogen-bond donors (Lipinski definition) is 1. The number of benzene rings is 1. The molecule has 3 heterocycles. The Morgan fingerprint density at radius 3 is 2.71 bits per heavy atom. The number of fused-ring (bicyclic) bond motifs is 1. The van der Waals surface area contributed by atoms with E-state index < -0.39 is 6.09 Å². The van der Waals surface area contributed by atoms with Gasteiger partial charge in [-0.3, -0.25) is 9.69 Å². The number of carbonyl (C=O) groups is 2. The number of nitrogens with zero attached hydrogens (tertiary/aromatic N) is 4. The minimum Gasteiger partial charge on any atom is -0.465 e. The van der Waals surface area contributed by atoms with Crippen LogP contribution in [-0.2, 0) is 0 Å². The van der Waals surface area contributed by atoms with Gasteiger partial charge in [0.15, 0.2) is 0 Å². The number of amides is 2. The number of aryl methyl sites for hydroxylation is 2. The number of rotatable bonds is 3. The molecule has 4 rings (SSSR count). The zero-order chi connectivity index (χ0) is 22.1. The van der Waals surface area contributed by atoms with Crippen molar-refractivity contribution in [2.24, 2.45) is 0 Å². The van der Waals surface area contributed by atoms with Gasteiger partial charge in [-0.1, -0.05) is 17.7 Å². The van der Waals surface area contributed by atoms with Crippen LogP contribution in [0.25, 0.3) is 10.8 Å². The normalized spacial score (nSPS) is 16.4. The molecular weight excluding hydrogens is 460 g/mol. The van der Waals surface area contributed by atoms with Crippen molar-refractivity contribution in [1.29, 1.82) is 0 Å². The second-order valence-corrected chi connectivity index (χ2v) is 8.79. The third-order valence-electron chi connectivity index (χ3n) is 5.61. The first kappa shape index (κ1) is 21.2. The zero-order valence-electron chi connectivity index (χ0n) is 17.4. The first-order valence-corrected chi connectivity index (χ1v) is 10.9. The second kappa shape index (κ2) is 8.63. The highest BCUT2D eigenvalue weighted by Crippen LogP contribution is 2.33. The molecule has 0 unspecified atom stereocenters. The van der Waals surface area contributed by atoms with Crippen molar-refractivity contribution in [2.45, 2.75) is 32.7 Å². The Balaban J connectivity index is 1.87. The fraction of sp³-hybridized carbons (Fsp3) is 0.304. The molecular formula is C23H23BrN4O3. The lowest BCUT2D eigenvalue weighted by molar-refractivity contribution is 0.0937. The number of carboxylic acid groups (broad SMARTS) is 1. The van der Waals surface area contributed by atoms with Crippen molar-refractivity contribution in [2.75, 3.05) is 18.0 Å². The average molecular weight is 483 g/mol. The Hall–Kier alpha value is -3.00. The molecule has 2 aromatic heterocycles. The molecule has 8 heteroatoms. The molecule has 2 amide bonds. The van der Waals surface area contributed by atoms with Gasteiger partial charge < -0.3 is 10.0 Å². The minimum atomic E-state index is -0.975. The lowest BCUT2D eigenvalue weighted by Gasteiger charge is -2.38. The molecule has 0 aliphatic carbocycles. The SMILES string of the molecule is Cc1cc(C)c2c(N(C(=O)c3ccc(Br)cn3)[C@@H]3CCCN(C(=O)O)C3)nccc2c1. The monoisotopic (exact) mass is 482 g/mol. The Morgan fingerprint density at radius 1 is 1.19 bits per heavy atom. The van der Waals surface area contributed by atoms with E-state index in [-0.39, 0.29) is 18.5 Å². The molecule has 1 atom stereocenters. The Kier molecular flexibility index (Phi) is 5.91. The molecule has 0 saturated carbocycles. The van der Waals surface area contributed by atoms with Crippen LogP contribution in [0.2, 0.25) is 0 Å². The standard InChI is InChI=1S/C23H23BrN4O3/c1-14-10-15(2)20-16(11-14)7-8-25-21(20)28(18-4-3-9-27(13-18)23(30)31)22(29)19-6-5-17(24)12-26-19/h5-8,10-12,18H,3-4,9,13H2,1-2H3,(H,30,31)/t18-/m1/s1. The number of pyridine rings is 2. The van der Waals surface area contributed by atoms with Crippen molar-refractivity contribution in [3.05, 3.63) is 64.0 Å². The molecule has 3 aromatic rings. The van der Waals surface area contributed by atoms with Crippen LogP contribution >= 0.6 is 15.9 Å². The summed E-state index contributed by atoms with van der Waals surface area (Å²) in [5.41, 5.74) is 2.44. The quantitative estimate of drug-likeness (QED) is 0.579. The molecule has 1 fully saturated rings. The van der Waals surface area contributed by atoms with E-state index in [9.17, 15) is 14.7 Å². The largest absolute Gasteiger partial charge is 0.465 e. The number of aromatic nitrogens is 2. The van der Waals surface area contributed by atoms with E-state index in [0.29, 0.717) is 30.9 Å². The van der Waals surface area contributed by atoms with Gasteiger partial charge >= 0.3 is 6.09 Å². The number of carbonyl (C=O) groups excluding carboxylic acids is 1. The van der Waals surface area contributed by atoms with Crippen LogP contribution in [0, 0.1) is 13.8 Å². The van der Waals surface area contributed by atoms with Gasteiger partial charge in [0, 0.05) is 35.3 Å². The highest BCUT2D eigenvalue weighted by molar-refractivity contribution is 9.10. The molecule has 1 saturated heterocycles. The predicted molar refractivity (Wildman–Crippen MR) is 123 cm³/mol. The van der Waals surface area contributed by atoms with Gasteiger partial charge in [0.2, 0.25) is 0 Å². The summed E-state index contributed by atoms with van der Waals surface area (Å²) in [5, 5.41) is 11.4. The Morgan fingerprint density at radius 2 is 2.00 bits per heavy atom. The highest BCUT2D eigenvalue weighted by Gasteiger charge is 2.34. The summed E-state index contributed by atoms with van der Waals surface area (Å²) in [6, 6.07) is 9.18. The Labute approximate surface area is 188 Å². The summed E-state index contributed by atoms with van der Waals surface area (Å²) in [6.07, 6.45) is 3.67. The van der Waals surface area contributed by atoms with E-state index in [0.717, 1.165) is 26.4 Å². The maximum absolute atomic E-state index is 13.7. The maximum Gasteiger partial charge on any atom is 0.407 e. The summed E-state index contributed by atoms with van der Waals surface area (Å²) < 4.78 is 0.778. The lowest BCUT2D eigenvalue weighted by Crippen LogP contribution is -2.52. The average Bonchev–Trinajstić information content (AvgIpc) is 2.74. The van der Waals surface area contributed by atoms with E-state index in [1.54, 1.807) is 29.4 Å². The van der Waals surface area contributed by atoms with Crippen molar-refractivity contribution in [3.8, 4) is 0 Å². The topological polar surface area (TPSA) is 86.6 Å². The van der Waals surface area contributed by atoms with Gasteiger partial charge in [-0.15, -0.1) is 0 Å². The van der Waals surface area contributed by atoms with Crippen LogP contribution in [0.1, 0.15) is 34.5 Å². The molecule has 7 nitrogen and oxygen atoms in total. The van der Waals surface area contributed by atoms with Crippen LogP contribution < -0.4 is 4.90 Å². The molecule has 0 spiro atoms. The van der Waals surface area contributed by atoms with Gasteiger partial charge in [-0.2, -0.15) is 0 Å². The molecule has 0 bridgehead atoms. The molecule has 1 N–H and O–H groups in total. The van der Waals surface area contributed by atoms with Crippen molar-refractivity contribution in [1.82, 2.24) is 14.9 Å². The summed E-state index contributed by atoms with van der Waals surface area (Å²) in [4.78, 5) is 37.2. The smallest absolute Gasteiger partial charge is 0.407 e. The summed E-state index contributed by atoms with van der Waals surface area (Å²) in [6.45, 7) is 4.74. The van der Waals surface area contributed by atoms with Crippen LogP contribution in [-0.4, -0.2) is 51.1 Å². The first-order chi connectivity index (χ1) is 14.8. The summed E-state index contributed by atoms with van der Waals surface area (Å²) >= 11 is 3.35. The molecule has 1 aliphatic heterocycles. The third-order valence-corrected chi connectivity index (χ3v) is 6.08. The minimum absolute atomic E-state index is 0.237. The van der Waals surface area contributed by atoms with Crippen molar-refractivity contribution >= 4 is 44.5 Å². The predicted octanol–water partition coefficient (Wildman–Crippen LogP) is 4.80. The summed E-state index contributed by atoms with van der Waals surface area (Å²) in [7, 11) is 0. The Bertz CT molecular complexity index is 1150. The first-order valence-electron chi connectivity index (χ1n) is 10.1. The van der Waals surface area contributed by atoms with Crippen molar-refractivity contribution in [3.63, 3.8) is 0 Å². The molecule has 0 radical (unpaired) electrons.